The molecule has 134 valence electrons. The van der Waals surface area contributed by atoms with Gasteiger partial charge in [0, 0.05) is 16.2 Å². The second kappa shape index (κ2) is 5.96. The highest BCUT2D eigenvalue weighted by molar-refractivity contribution is 6.33. The predicted molar refractivity (Wildman–Crippen MR) is 99.7 cm³/mol. The fourth-order valence-electron chi connectivity index (χ4n) is 3.55. The minimum absolute atomic E-state index is 0.269. The van der Waals surface area contributed by atoms with Crippen LogP contribution in [0.25, 0.3) is 6.08 Å². The molecule has 3 heterocycles. The van der Waals surface area contributed by atoms with Crippen LogP contribution in [-0.2, 0) is 14.4 Å². The van der Waals surface area contributed by atoms with Crippen LogP contribution in [0.1, 0.15) is 5.56 Å². The van der Waals surface area contributed by atoms with Gasteiger partial charge in [-0.2, -0.15) is 0 Å². The topological polar surface area (TPSA) is 68.2 Å². The van der Waals surface area contributed by atoms with Gasteiger partial charge < -0.3 is 9.57 Å². The lowest BCUT2D eigenvalue weighted by atomic mass is 9.92. The van der Waals surface area contributed by atoms with E-state index < -0.39 is 17.9 Å². The Kier molecular flexibility index (Phi) is 3.55. The molecule has 27 heavy (non-hydrogen) atoms. The van der Waals surface area contributed by atoms with Gasteiger partial charge in [-0.25, -0.2) is 4.90 Å². The van der Waals surface area contributed by atoms with E-state index in [9.17, 15) is 9.59 Å². The highest BCUT2D eigenvalue weighted by Gasteiger charge is 2.56. The van der Waals surface area contributed by atoms with Gasteiger partial charge in [0.1, 0.15) is 24.0 Å². The van der Waals surface area contributed by atoms with E-state index in [2.05, 4.69) is 5.16 Å². The zero-order valence-corrected chi connectivity index (χ0v) is 14.7. The van der Waals surface area contributed by atoms with Crippen LogP contribution in [0.5, 0.6) is 5.75 Å². The molecule has 1 fully saturated rings. The first-order chi connectivity index (χ1) is 13.1. The summed E-state index contributed by atoms with van der Waals surface area (Å²) in [5.41, 5.74) is 2.55. The number of fused-ring (bicyclic) bond motifs is 2. The smallest absolute Gasteiger partial charge is 0.278 e. The average Bonchev–Trinajstić information content (AvgIpc) is 3.23. The number of nitrogens with zero attached hydrogens (tertiary/aromatic N) is 2. The van der Waals surface area contributed by atoms with Crippen molar-refractivity contribution in [3.8, 4) is 5.75 Å². The molecule has 2 aromatic rings. The lowest BCUT2D eigenvalue weighted by Crippen LogP contribution is -2.33. The molecule has 5 rings (SSSR count). The van der Waals surface area contributed by atoms with E-state index in [-0.39, 0.29) is 12.5 Å². The molecule has 0 unspecified atom stereocenters. The van der Waals surface area contributed by atoms with Gasteiger partial charge in [-0.05, 0) is 36.4 Å². The molecule has 0 aromatic heterocycles. The lowest BCUT2D eigenvalue weighted by molar-refractivity contribution is -0.126. The third kappa shape index (κ3) is 2.44. The Balaban J connectivity index is 1.49. The molecule has 2 amide bonds. The third-order valence-electron chi connectivity index (χ3n) is 4.86. The van der Waals surface area contributed by atoms with Crippen molar-refractivity contribution in [1.29, 1.82) is 0 Å². The van der Waals surface area contributed by atoms with Crippen LogP contribution in [0.2, 0.25) is 5.02 Å². The number of rotatable bonds is 2. The van der Waals surface area contributed by atoms with Crippen molar-refractivity contribution in [2.24, 2.45) is 11.1 Å². The molecule has 0 spiro atoms. The quantitative estimate of drug-likeness (QED) is 0.751. The number of oxime groups is 1. The molecular formula is C20H13ClN2O4. The molecule has 0 bridgehead atoms. The minimum atomic E-state index is -0.943. The second-order valence-electron chi connectivity index (χ2n) is 6.46. The Morgan fingerprint density at radius 2 is 1.81 bits per heavy atom. The average molecular weight is 381 g/mol. The molecule has 6 nitrogen and oxygen atoms in total. The van der Waals surface area contributed by atoms with Crippen LogP contribution in [0.4, 0.5) is 5.69 Å². The molecule has 0 aliphatic carbocycles. The van der Waals surface area contributed by atoms with Gasteiger partial charge in [0.15, 0.2) is 0 Å². The normalized spacial score (nSPS) is 23.2. The fraction of sp³-hybridized carbons (Fsp3) is 0.150. The summed E-state index contributed by atoms with van der Waals surface area (Å²) in [6.45, 7) is 0.269. The summed E-state index contributed by atoms with van der Waals surface area (Å²) in [6.07, 6.45) is 0.979. The van der Waals surface area contributed by atoms with Crippen LogP contribution < -0.4 is 9.64 Å². The predicted octanol–water partition coefficient (Wildman–Crippen LogP) is 3.06. The van der Waals surface area contributed by atoms with Gasteiger partial charge in [-0.15, -0.1) is 0 Å². The summed E-state index contributed by atoms with van der Waals surface area (Å²) >= 11 is 5.90. The molecule has 2 aromatic carbocycles. The molecule has 0 radical (unpaired) electrons. The number of imide groups is 1. The van der Waals surface area contributed by atoms with Gasteiger partial charge in [-0.3, -0.25) is 9.59 Å². The lowest BCUT2D eigenvalue weighted by Gasteiger charge is -2.19. The monoisotopic (exact) mass is 380 g/mol. The van der Waals surface area contributed by atoms with Gasteiger partial charge in [0.05, 0.1) is 5.69 Å². The first-order valence-corrected chi connectivity index (χ1v) is 8.81. The zero-order valence-electron chi connectivity index (χ0n) is 14.0. The first-order valence-electron chi connectivity index (χ1n) is 8.43. The maximum absolute atomic E-state index is 13.0. The van der Waals surface area contributed by atoms with E-state index in [4.69, 9.17) is 21.2 Å². The van der Waals surface area contributed by atoms with Gasteiger partial charge in [-0.1, -0.05) is 35.0 Å². The van der Waals surface area contributed by atoms with Crippen molar-refractivity contribution in [2.75, 3.05) is 11.5 Å². The number of halogens is 1. The van der Waals surface area contributed by atoms with Crippen molar-refractivity contribution in [3.63, 3.8) is 0 Å². The molecule has 0 N–H and O–H groups in total. The van der Waals surface area contributed by atoms with Gasteiger partial charge in [0.25, 0.3) is 5.91 Å². The molecule has 7 heteroatoms. The van der Waals surface area contributed by atoms with E-state index >= 15 is 0 Å². The number of para-hydroxylation sites is 1. The molecular weight excluding hydrogens is 368 g/mol. The summed E-state index contributed by atoms with van der Waals surface area (Å²) in [7, 11) is 0. The number of carbonyl (C=O) groups is 2. The second-order valence-corrected chi connectivity index (χ2v) is 6.90. The van der Waals surface area contributed by atoms with Crippen molar-refractivity contribution < 1.29 is 19.2 Å². The Hall–Kier alpha value is -3.12. The summed E-state index contributed by atoms with van der Waals surface area (Å²) < 4.78 is 5.75. The molecule has 1 saturated heterocycles. The van der Waals surface area contributed by atoms with Crippen LogP contribution in [0.15, 0.2) is 59.3 Å². The number of hydrogen-bond donors (Lipinski definition) is 0. The van der Waals surface area contributed by atoms with Crippen molar-refractivity contribution in [2.45, 2.75) is 6.10 Å². The number of ether oxygens (including phenoxy) is 1. The largest absolute Gasteiger partial charge is 0.488 e. The van der Waals surface area contributed by atoms with Crippen LogP contribution in [-0.4, -0.2) is 30.2 Å². The standard InChI is InChI=1S/C20H13ClN2O4/c21-13-5-7-14(8-6-13)23-19(24)16-17(22-27-18(16)20(23)25)12-9-11-3-1-2-4-15(11)26-10-12/h1-9,16,18H,10H2/t16-,18+/m0/s1. The summed E-state index contributed by atoms with van der Waals surface area (Å²) in [5.74, 6) is -0.783. The minimum Gasteiger partial charge on any atom is -0.488 e. The van der Waals surface area contributed by atoms with Crippen LogP contribution in [0, 0.1) is 5.92 Å². The summed E-state index contributed by atoms with van der Waals surface area (Å²) in [4.78, 5) is 32.2. The maximum Gasteiger partial charge on any atom is 0.278 e. The van der Waals surface area contributed by atoms with E-state index in [0.29, 0.717) is 16.4 Å². The molecule has 3 aliphatic heterocycles. The first kappa shape index (κ1) is 16.1. The number of benzene rings is 2. The van der Waals surface area contributed by atoms with E-state index in [1.54, 1.807) is 24.3 Å². The summed E-state index contributed by atoms with van der Waals surface area (Å²) in [5, 5.41) is 4.57. The Bertz CT molecular complexity index is 1030. The van der Waals surface area contributed by atoms with Crippen molar-refractivity contribution >= 4 is 40.9 Å². The maximum atomic E-state index is 13.0. The molecule has 0 saturated carbocycles. The van der Waals surface area contributed by atoms with Crippen molar-refractivity contribution in [1.82, 2.24) is 0 Å². The SMILES string of the molecule is O=C1[C@H]2C(C3=Cc4ccccc4OC3)=NO[C@H]2C(=O)N1c1ccc(Cl)cc1. The van der Waals surface area contributed by atoms with E-state index in [1.807, 2.05) is 30.3 Å². The van der Waals surface area contributed by atoms with Crippen LogP contribution in [0.3, 0.4) is 0 Å². The summed E-state index contributed by atoms with van der Waals surface area (Å²) in [6, 6.07) is 14.1. The van der Waals surface area contributed by atoms with Crippen molar-refractivity contribution in [3.05, 3.63) is 64.7 Å². The number of hydrogen-bond acceptors (Lipinski definition) is 5. The van der Waals surface area contributed by atoms with Gasteiger partial charge in [0.2, 0.25) is 12.0 Å². The number of amides is 2. The van der Waals surface area contributed by atoms with E-state index in [0.717, 1.165) is 21.8 Å². The number of anilines is 1. The van der Waals surface area contributed by atoms with Crippen LogP contribution >= 0.6 is 11.6 Å². The van der Waals surface area contributed by atoms with Gasteiger partial charge >= 0.3 is 0 Å². The fourth-order valence-corrected chi connectivity index (χ4v) is 3.68. The van der Waals surface area contributed by atoms with E-state index in [1.165, 1.54) is 0 Å². The number of carbonyl (C=O) groups excluding carboxylic acids is 2. The highest BCUT2D eigenvalue weighted by atomic mass is 35.5. The third-order valence-corrected chi connectivity index (χ3v) is 5.11. The Morgan fingerprint density at radius 3 is 2.63 bits per heavy atom. The Morgan fingerprint density at radius 1 is 1.04 bits per heavy atom. The zero-order chi connectivity index (χ0) is 18.5. The Labute approximate surface area is 159 Å². The molecule has 2 atom stereocenters. The highest BCUT2D eigenvalue weighted by Crippen LogP contribution is 2.37. The molecule has 3 aliphatic rings.